The minimum atomic E-state index is -0.652. The molecule has 0 fully saturated rings. The minimum Gasteiger partial charge on any atom is -0.484 e. The van der Waals surface area contributed by atoms with Crippen LogP contribution in [0.5, 0.6) is 11.5 Å². The number of benzene rings is 2. The summed E-state index contributed by atoms with van der Waals surface area (Å²) in [4.78, 5) is 34.8. The predicted molar refractivity (Wildman–Crippen MR) is 97.1 cm³/mol. The molecule has 0 saturated carbocycles. The van der Waals surface area contributed by atoms with Crippen LogP contribution in [0.4, 0.5) is 10.1 Å². The summed E-state index contributed by atoms with van der Waals surface area (Å²) < 4.78 is 23.8. The summed E-state index contributed by atoms with van der Waals surface area (Å²) in [5, 5.41) is 2.76. The van der Waals surface area contributed by atoms with Gasteiger partial charge in [0.15, 0.2) is 24.8 Å². The molecule has 1 aliphatic heterocycles. The molecule has 2 aromatic rings. The summed E-state index contributed by atoms with van der Waals surface area (Å²) in [6.07, 6.45) is 1.00. The molecule has 1 heterocycles. The Morgan fingerprint density at radius 3 is 2.46 bits per heavy atom. The molecule has 0 atom stereocenters. The molecule has 0 saturated heterocycles. The van der Waals surface area contributed by atoms with Gasteiger partial charge in [-0.1, -0.05) is 12.1 Å². The average Bonchev–Trinajstić information content (AvgIpc) is 2.70. The molecule has 2 aromatic carbocycles. The predicted octanol–water partition coefficient (Wildman–Crippen LogP) is 1.32. The lowest BCUT2D eigenvalue weighted by Crippen LogP contribution is -2.45. The quantitative estimate of drug-likeness (QED) is 0.649. The van der Waals surface area contributed by atoms with Gasteiger partial charge in [0, 0.05) is 12.1 Å². The molecule has 0 unspecified atom stereocenters. The molecular weight excluding hydrogens is 369 g/mol. The molecule has 28 heavy (non-hydrogen) atoms. The SMILES string of the molecule is O=C(COc1ccc2c(c1)CCC(=O)N2)NNC(=O)COc1ccccc1F. The first-order chi connectivity index (χ1) is 13.5. The van der Waals surface area contributed by atoms with E-state index < -0.39 is 24.2 Å². The van der Waals surface area contributed by atoms with Crippen molar-refractivity contribution in [3.8, 4) is 11.5 Å². The number of nitrogens with one attached hydrogen (secondary N) is 3. The zero-order valence-corrected chi connectivity index (χ0v) is 14.8. The minimum absolute atomic E-state index is 0.0322. The standard InChI is InChI=1S/C19H18FN3O5/c20-14-3-1-2-4-16(14)28-11-19(26)23-22-18(25)10-27-13-6-7-15-12(9-13)5-8-17(24)21-15/h1-4,6-7,9H,5,8,10-11H2,(H,21,24)(H,22,25)(H,23,26). The number of carbonyl (C=O) groups is 3. The Kier molecular flexibility index (Phi) is 6.05. The zero-order chi connectivity index (χ0) is 19.9. The fourth-order valence-electron chi connectivity index (χ4n) is 2.52. The summed E-state index contributed by atoms with van der Waals surface area (Å²) >= 11 is 0. The van der Waals surface area contributed by atoms with Crippen molar-refractivity contribution < 1.29 is 28.2 Å². The van der Waals surface area contributed by atoms with Gasteiger partial charge in [-0.05, 0) is 42.3 Å². The van der Waals surface area contributed by atoms with Crippen molar-refractivity contribution in [2.24, 2.45) is 0 Å². The van der Waals surface area contributed by atoms with Crippen molar-refractivity contribution in [2.45, 2.75) is 12.8 Å². The van der Waals surface area contributed by atoms with Crippen LogP contribution in [0.15, 0.2) is 42.5 Å². The lowest BCUT2D eigenvalue weighted by atomic mass is 10.0. The highest BCUT2D eigenvalue weighted by Crippen LogP contribution is 2.26. The topological polar surface area (TPSA) is 106 Å². The molecule has 146 valence electrons. The van der Waals surface area contributed by atoms with Gasteiger partial charge in [-0.2, -0.15) is 0 Å². The van der Waals surface area contributed by atoms with Gasteiger partial charge >= 0.3 is 0 Å². The Morgan fingerprint density at radius 1 is 1.00 bits per heavy atom. The van der Waals surface area contributed by atoms with Gasteiger partial charge in [0.05, 0.1) is 0 Å². The van der Waals surface area contributed by atoms with Crippen molar-refractivity contribution in [3.05, 3.63) is 53.8 Å². The zero-order valence-electron chi connectivity index (χ0n) is 14.8. The van der Waals surface area contributed by atoms with Gasteiger partial charge < -0.3 is 14.8 Å². The second kappa shape index (κ2) is 8.85. The van der Waals surface area contributed by atoms with E-state index in [-0.39, 0.29) is 18.3 Å². The first-order valence-corrected chi connectivity index (χ1v) is 8.52. The number of hydrogen-bond donors (Lipinski definition) is 3. The molecule has 1 aliphatic rings. The van der Waals surface area contributed by atoms with E-state index in [9.17, 15) is 18.8 Å². The maximum absolute atomic E-state index is 13.4. The number of amides is 3. The molecule has 3 N–H and O–H groups in total. The number of ether oxygens (including phenoxy) is 2. The molecule has 8 nitrogen and oxygen atoms in total. The molecule has 0 bridgehead atoms. The Balaban J connectivity index is 1.39. The fourth-order valence-corrected chi connectivity index (χ4v) is 2.52. The summed E-state index contributed by atoms with van der Waals surface area (Å²) in [5.74, 6) is -1.44. The number of rotatable bonds is 6. The maximum atomic E-state index is 13.4. The van der Waals surface area contributed by atoms with Crippen molar-refractivity contribution in [2.75, 3.05) is 18.5 Å². The van der Waals surface area contributed by atoms with Crippen LogP contribution >= 0.6 is 0 Å². The number of halogens is 1. The van der Waals surface area contributed by atoms with Crippen LogP contribution in [0.3, 0.4) is 0 Å². The number of para-hydroxylation sites is 1. The van der Waals surface area contributed by atoms with E-state index in [1.807, 2.05) is 0 Å². The van der Waals surface area contributed by atoms with Crippen LogP contribution in [0.1, 0.15) is 12.0 Å². The summed E-state index contributed by atoms with van der Waals surface area (Å²) in [6.45, 7) is -0.780. The smallest absolute Gasteiger partial charge is 0.276 e. The largest absolute Gasteiger partial charge is 0.484 e. The van der Waals surface area contributed by atoms with Crippen LogP contribution in [0.25, 0.3) is 0 Å². The number of anilines is 1. The van der Waals surface area contributed by atoms with E-state index in [4.69, 9.17) is 9.47 Å². The van der Waals surface area contributed by atoms with Crippen LogP contribution in [0.2, 0.25) is 0 Å². The summed E-state index contributed by atoms with van der Waals surface area (Å²) in [6, 6.07) is 10.8. The molecule has 3 rings (SSSR count). The monoisotopic (exact) mass is 387 g/mol. The summed E-state index contributed by atoms with van der Waals surface area (Å²) in [7, 11) is 0. The number of aryl methyl sites for hydroxylation is 1. The van der Waals surface area contributed by atoms with Crippen molar-refractivity contribution >= 4 is 23.4 Å². The van der Waals surface area contributed by atoms with Gasteiger partial charge in [0.2, 0.25) is 5.91 Å². The van der Waals surface area contributed by atoms with Gasteiger partial charge in [-0.15, -0.1) is 0 Å². The van der Waals surface area contributed by atoms with Crippen molar-refractivity contribution in [1.29, 1.82) is 0 Å². The molecule has 9 heteroatoms. The lowest BCUT2D eigenvalue weighted by Gasteiger charge is -2.17. The maximum Gasteiger partial charge on any atom is 0.276 e. The number of hydrazine groups is 1. The molecule has 0 aliphatic carbocycles. The van der Waals surface area contributed by atoms with E-state index in [0.29, 0.717) is 18.6 Å². The third kappa shape index (κ3) is 5.19. The van der Waals surface area contributed by atoms with Gasteiger partial charge in [-0.25, -0.2) is 4.39 Å². The van der Waals surface area contributed by atoms with Crippen molar-refractivity contribution in [1.82, 2.24) is 10.9 Å². The van der Waals surface area contributed by atoms with Crippen LogP contribution in [-0.4, -0.2) is 30.9 Å². The Morgan fingerprint density at radius 2 is 1.71 bits per heavy atom. The van der Waals surface area contributed by atoms with E-state index in [0.717, 1.165) is 11.3 Å². The molecule has 3 amide bonds. The van der Waals surface area contributed by atoms with E-state index >= 15 is 0 Å². The Labute approximate surface area is 160 Å². The third-order valence-corrected chi connectivity index (χ3v) is 3.88. The van der Waals surface area contributed by atoms with E-state index in [1.54, 1.807) is 24.3 Å². The second-order valence-corrected chi connectivity index (χ2v) is 5.97. The van der Waals surface area contributed by atoms with Gasteiger partial charge in [-0.3, -0.25) is 25.2 Å². The number of hydrogen-bond acceptors (Lipinski definition) is 5. The molecule has 0 radical (unpaired) electrons. The summed E-state index contributed by atoms with van der Waals surface area (Å²) in [5.41, 5.74) is 5.99. The first kappa shape index (κ1) is 19.2. The molecule has 0 spiro atoms. The highest BCUT2D eigenvalue weighted by atomic mass is 19.1. The van der Waals surface area contributed by atoms with Crippen LogP contribution in [0, 0.1) is 5.82 Å². The van der Waals surface area contributed by atoms with Crippen molar-refractivity contribution in [3.63, 3.8) is 0 Å². The third-order valence-electron chi connectivity index (χ3n) is 3.88. The fraction of sp³-hybridized carbons (Fsp3) is 0.211. The van der Waals surface area contributed by atoms with E-state index in [2.05, 4.69) is 16.2 Å². The normalized spacial score (nSPS) is 12.4. The number of carbonyl (C=O) groups excluding carboxylic acids is 3. The van der Waals surface area contributed by atoms with Gasteiger partial charge in [0.25, 0.3) is 11.8 Å². The van der Waals surface area contributed by atoms with Crippen LogP contribution < -0.4 is 25.6 Å². The lowest BCUT2D eigenvalue weighted by molar-refractivity contribution is -0.131. The molecular formula is C19H18FN3O5. The highest BCUT2D eigenvalue weighted by molar-refractivity contribution is 5.94. The molecule has 0 aromatic heterocycles. The Bertz CT molecular complexity index is 903. The van der Waals surface area contributed by atoms with E-state index in [1.165, 1.54) is 18.2 Å². The average molecular weight is 387 g/mol. The Hall–Kier alpha value is -3.62. The number of fused-ring (bicyclic) bond motifs is 1. The highest BCUT2D eigenvalue weighted by Gasteiger charge is 2.15. The second-order valence-electron chi connectivity index (χ2n) is 5.97. The van der Waals surface area contributed by atoms with Crippen LogP contribution in [-0.2, 0) is 20.8 Å². The van der Waals surface area contributed by atoms with Gasteiger partial charge in [0.1, 0.15) is 5.75 Å². The first-order valence-electron chi connectivity index (χ1n) is 8.52.